The highest BCUT2D eigenvalue weighted by Crippen LogP contribution is 2.03. The summed E-state index contributed by atoms with van der Waals surface area (Å²) in [6, 6.07) is 0. The molecule has 0 aliphatic carbocycles. The van der Waals surface area contributed by atoms with Gasteiger partial charge in [-0.25, -0.2) is 14.8 Å². The van der Waals surface area contributed by atoms with Crippen LogP contribution in [-0.4, -0.2) is 21.0 Å². The SMILES string of the molecule is CCc1nc(C(=O)O)ncc1C. The Labute approximate surface area is 70.3 Å². The summed E-state index contributed by atoms with van der Waals surface area (Å²) in [4.78, 5) is 18.0. The van der Waals surface area contributed by atoms with E-state index in [-0.39, 0.29) is 5.82 Å². The minimum atomic E-state index is -1.08. The average molecular weight is 166 g/mol. The van der Waals surface area contributed by atoms with Crippen LogP contribution < -0.4 is 0 Å². The number of carboxylic acids is 1. The minimum Gasteiger partial charge on any atom is -0.475 e. The molecule has 0 amide bonds. The van der Waals surface area contributed by atoms with E-state index in [2.05, 4.69) is 9.97 Å². The van der Waals surface area contributed by atoms with Gasteiger partial charge in [0.05, 0.1) is 0 Å². The van der Waals surface area contributed by atoms with Crippen molar-refractivity contribution in [2.45, 2.75) is 20.3 Å². The predicted octanol–water partition coefficient (Wildman–Crippen LogP) is 1.05. The Hall–Kier alpha value is -1.45. The number of aromatic carboxylic acids is 1. The zero-order valence-corrected chi connectivity index (χ0v) is 7.03. The van der Waals surface area contributed by atoms with Crippen molar-refractivity contribution in [2.24, 2.45) is 0 Å². The molecule has 0 fully saturated rings. The number of aromatic nitrogens is 2. The molecule has 1 heterocycles. The first-order valence-corrected chi connectivity index (χ1v) is 3.71. The standard InChI is InChI=1S/C8H10N2O2/c1-3-6-5(2)4-9-7(10-6)8(11)12/h4H,3H2,1-2H3,(H,11,12). The maximum absolute atomic E-state index is 10.5. The summed E-state index contributed by atoms with van der Waals surface area (Å²) in [5, 5.41) is 8.57. The number of carboxylic acid groups (broad SMARTS) is 1. The second kappa shape index (κ2) is 3.30. The van der Waals surface area contributed by atoms with E-state index >= 15 is 0 Å². The quantitative estimate of drug-likeness (QED) is 0.713. The topological polar surface area (TPSA) is 63.1 Å². The first kappa shape index (κ1) is 8.64. The second-order valence-electron chi connectivity index (χ2n) is 2.48. The van der Waals surface area contributed by atoms with E-state index in [4.69, 9.17) is 5.11 Å². The third-order valence-corrected chi connectivity index (χ3v) is 1.60. The number of aryl methyl sites for hydroxylation is 2. The number of hydrogen-bond donors (Lipinski definition) is 1. The van der Waals surface area contributed by atoms with Gasteiger partial charge in [-0.15, -0.1) is 0 Å². The summed E-state index contributed by atoms with van der Waals surface area (Å²) in [7, 11) is 0. The lowest BCUT2D eigenvalue weighted by molar-refractivity contribution is 0.0683. The summed E-state index contributed by atoms with van der Waals surface area (Å²) in [5.74, 6) is -1.21. The monoisotopic (exact) mass is 166 g/mol. The molecule has 0 saturated heterocycles. The Morgan fingerprint density at radius 3 is 2.83 bits per heavy atom. The highest BCUT2D eigenvalue weighted by Gasteiger charge is 2.07. The van der Waals surface area contributed by atoms with Gasteiger partial charge < -0.3 is 5.11 Å². The Morgan fingerprint density at radius 1 is 1.67 bits per heavy atom. The smallest absolute Gasteiger partial charge is 0.373 e. The van der Waals surface area contributed by atoms with Gasteiger partial charge in [-0.2, -0.15) is 0 Å². The third-order valence-electron chi connectivity index (χ3n) is 1.60. The first-order chi connectivity index (χ1) is 5.65. The molecule has 64 valence electrons. The van der Waals surface area contributed by atoms with E-state index in [0.717, 1.165) is 17.7 Å². The zero-order chi connectivity index (χ0) is 9.14. The third kappa shape index (κ3) is 1.58. The molecule has 0 bridgehead atoms. The molecule has 4 heteroatoms. The van der Waals surface area contributed by atoms with Crippen LogP contribution in [0.2, 0.25) is 0 Å². The van der Waals surface area contributed by atoms with Gasteiger partial charge in [0.1, 0.15) is 0 Å². The highest BCUT2D eigenvalue weighted by atomic mass is 16.4. The normalized spacial score (nSPS) is 9.83. The van der Waals surface area contributed by atoms with Gasteiger partial charge in [0.2, 0.25) is 5.82 Å². The lowest BCUT2D eigenvalue weighted by Crippen LogP contribution is -2.07. The number of carbonyl (C=O) groups is 1. The molecule has 1 aromatic heterocycles. The molecule has 0 saturated carbocycles. The lowest BCUT2D eigenvalue weighted by Gasteiger charge is -2.00. The maximum atomic E-state index is 10.5. The van der Waals surface area contributed by atoms with E-state index in [1.165, 1.54) is 6.20 Å². The van der Waals surface area contributed by atoms with Crippen molar-refractivity contribution < 1.29 is 9.90 Å². The van der Waals surface area contributed by atoms with E-state index in [1.54, 1.807) is 0 Å². The Bertz CT molecular complexity index is 310. The van der Waals surface area contributed by atoms with Gasteiger partial charge in [-0.3, -0.25) is 0 Å². The van der Waals surface area contributed by atoms with Crippen LogP contribution in [-0.2, 0) is 6.42 Å². The molecule has 0 aliphatic rings. The fourth-order valence-corrected chi connectivity index (χ4v) is 0.938. The molecular weight excluding hydrogens is 156 g/mol. The fraction of sp³-hybridized carbons (Fsp3) is 0.375. The number of hydrogen-bond acceptors (Lipinski definition) is 3. The second-order valence-corrected chi connectivity index (χ2v) is 2.48. The minimum absolute atomic E-state index is 0.127. The van der Waals surface area contributed by atoms with Crippen LogP contribution in [0.25, 0.3) is 0 Å². The van der Waals surface area contributed by atoms with E-state index in [1.807, 2.05) is 13.8 Å². The van der Waals surface area contributed by atoms with Crippen LogP contribution in [0.1, 0.15) is 28.8 Å². The summed E-state index contributed by atoms with van der Waals surface area (Å²) < 4.78 is 0. The van der Waals surface area contributed by atoms with Gasteiger partial charge in [-0.05, 0) is 18.9 Å². The Morgan fingerprint density at radius 2 is 2.33 bits per heavy atom. The molecule has 0 aromatic carbocycles. The molecule has 12 heavy (non-hydrogen) atoms. The molecule has 0 spiro atoms. The predicted molar refractivity (Wildman–Crippen MR) is 43.1 cm³/mol. The van der Waals surface area contributed by atoms with Crippen LogP contribution in [0, 0.1) is 6.92 Å². The molecule has 1 rings (SSSR count). The number of nitrogens with zero attached hydrogens (tertiary/aromatic N) is 2. The molecule has 0 unspecified atom stereocenters. The van der Waals surface area contributed by atoms with Crippen LogP contribution in [0.5, 0.6) is 0 Å². The molecular formula is C8H10N2O2. The van der Waals surface area contributed by atoms with Crippen molar-refractivity contribution in [2.75, 3.05) is 0 Å². The van der Waals surface area contributed by atoms with Gasteiger partial charge in [0.25, 0.3) is 0 Å². The Balaban J connectivity index is 3.13. The largest absolute Gasteiger partial charge is 0.475 e. The van der Waals surface area contributed by atoms with Crippen LogP contribution in [0.15, 0.2) is 6.20 Å². The van der Waals surface area contributed by atoms with E-state index in [9.17, 15) is 4.79 Å². The van der Waals surface area contributed by atoms with Crippen molar-refractivity contribution in [1.29, 1.82) is 0 Å². The summed E-state index contributed by atoms with van der Waals surface area (Å²) >= 11 is 0. The summed E-state index contributed by atoms with van der Waals surface area (Å²) in [6.45, 7) is 3.80. The molecule has 0 aliphatic heterocycles. The lowest BCUT2D eigenvalue weighted by atomic mass is 10.2. The van der Waals surface area contributed by atoms with Crippen LogP contribution in [0.4, 0.5) is 0 Å². The van der Waals surface area contributed by atoms with Gasteiger partial charge >= 0.3 is 5.97 Å². The Kier molecular flexibility index (Phi) is 2.38. The van der Waals surface area contributed by atoms with Gasteiger partial charge in [0.15, 0.2) is 0 Å². The van der Waals surface area contributed by atoms with Crippen molar-refractivity contribution in [3.8, 4) is 0 Å². The van der Waals surface area contributed by atoms with E-state index in [0.29, 0.717) is 0 Å². The molecule has 0 radical (unpaired) electrons. The van der Waals surface area contributed by atoms with Crippen molar-refractivity contribution in [3.05, 3.63) is 23.3 Å². The summed E-state index contributed by atoms with van der Waals surface area (Å²) in [5.41, 5.74) is 1.73. The average Bonchev–Trinajstić information content (AvgIpc) is 2.05. The van der Waals surface area contributed by atoms with Crippen molar-refractivity contribution in [3.63, 3.8) is 0 Å². The maximum Gasteiger partial charge on any atom is 0.373 e. The number of rotatable bonds is 2. The van der Waals surface area contributed by atoms with Crippen LogP contribution in [0.3, 0.4) is 0 Å². The van der Waals surface area contributed by atoms with E-state index < -0.39 is 5.97 Å². The fourth-order valence-electron chi connectivity index (χ4n) is 0.938. The first-order valence-electron chi connectivity index (χ1n) is 3.71. The highest BCUT2D eigenvalue weighted by molar-refractivity contribution is 5.83. The summed E-state index contributed by atoms with van der Waals surface area (Å²) in [6.07, 6.45) is 2.27. The molecule has 1 aromatic rings. The molecule has 1 N–H and O–H groups in total. The van der Waals surface area contributed by atoms with Crippen LogP contribution >= 0.6 is 0 Å². The van der Waals surface area contributed by atoms with Gasteiger partial charge in [-0.1, -0.05) is 6.92 Å². The molecule has 4 nitrogen and oxygen atoms in total. The van der Waals surface area contributed by atoms with Crippen molar-refractivity contribution >= 4 is 5.97 Å². The van der Waals surface area contributed by atoms with Gasteiger partial charge in [0, 0.05) is 11.9 Å². The van der Waals surface area contributed by atoms with Crippen molar-refractivity contribution in [1.82, 2.24) is 9.97 Å². The zero-order valence-electron chi connectivity index (χ0n) is 7.03. The molecule has 0 atom stereocenters.